The van der Waals surface area contributed by atoms with Crippen molar-refractivity contribution in [3.8, 4) is 0 Å². The van der Waals surface area contributed by atoms with Crippen LogP contribution in [0.5, 0.6) is 0 Å². The monoisotopic (exact) mass is 623 g/mol. The minimum absolute atomic E-state index is 0.0725. The Morgan fingerprint density at radius 2 is 1.53 bits per heavy atom. The molecule has 0 aromatic heterocycles. The third-order valence-electron chi connectivity index (χ3n) is 15.8. The zero-order chi connectivity index (χ0) is 33.0. The van der Waals surface area contributed by atoms with Crippen LogP contribution in [0.3, 0.4) is 0 Å². The summed E-state index contributed by atoms with van der Waals surface area (Å²) in [6.45, 7) is 22.4. The average molecular weight is 624 g/mol. The number of ether oxygens (including phenoxy) is 1. The Labute approximate surface area is 272 Å². The predicted octanol–water partition coefficient (Wildman–Crippen LogP) is 8.34. The van der Waals surface area contributed by atoms with Gasteiger partial charge < -0.3 is 15.2 Å². The molecule has 6 nitrogen and oxygen atoms in total. The van der Waals surface area contributed by atoms with Crippen molar-refractivity contribution < 1.29 is 24.2 Å². The molecule has 1 amide bonds. The van der Waals surface area contributed by atoms with Gasteiger partial charge in [-0.25, -0.2) is 0 Å². The molecule has 0 aromatic carbocycles. The first-order valence-electron chi connectivity index (χ1n) is 18.2. The lowest BCUT2D eigenvalue weighted by molar-refractivity contribution is -0.246. The third-order valence-corrected chi connectivity index (χ3v) is 15.8. The zero-order valence-corrected chi connectivity index (χ0v) is 29.5. The van der Waals surface area contributed by atoms with Crippen LogP contribution in [0.25, 0.3) is 0 Å². The summed E-state index contributed by atoms with van der Waals surface area (Å²) >= 11 is 0. The van der Waals surface area contributed by atoms with Crippen molar-refractivity contribution in [1.29, 1.82) is 0 Å². The van der Waals surface area contributed by atoms with E-state index in [1.807, 2.05) is 0 Å². The molecule has 0 saturated heterocycles. The Hall–Kier alpha value is -1.85. The lowest BCUT2D eigenvalue weighted by Gasteiger charge is -2.73. The molecule has 0 spiro atoms. The van der Waals surface area contributed by atoms with E-state index in [4.69, 9.17) is 4.74 Å². The average Bonchev–Trinajstić information content (AvgIpc) is 3.72. The number of allylic oxidation sites excluding steroid dienone is 1. The zero-order valence-electron chi connectivity index (χ0n) is 29.5. The van der Waals surface area contributed by atoms with Crippen molar-refractivity contribution in [2.24, 2.45) is 62.6 Å². The lowest BCUT2D eigenvalue weighted by Crippen LogP contribution is -2.69. The number of hydrogen-bond acceptors (Lipinski definition) is 4. The number of amides is 1. The highest BCUT2D eigenvalue weighted by atomic mass is 16.5. The number of esters is 1. The molecule has 45 heavy (non-hydrogen) atoms. The minimum atomic E-state index is -1.13. The molecule has 0 bridgehead atoms. The van der Waals surface area contributed by atoms with Gasteiger partial charge in [-0.1, -0.05) is 46.8 Å². The number of carbonyl (C=O) groups excluding carboxylic acids is 2. The van der Waals surface area contributed by atoms with Crippen LogP contribution in [-0.4, -0.2) is 34.6 Å². The Balaban J connectivity index is 1.26. The van der Waals surface area contributed by atoms with E-state index in [9.17, 15) is 19.5 Å². The van der Waals surface area contributed by atoms with Gasteiger partial charge in [0.25, 0.3) is 0 Å². The van der Waals surface area contributed by atoms with Crippen LogP contribution in [0.4, 0.5) is 0 Å². The van der Waals surface area contributed by atoms with Crippen molar-refractivity contribution in [2.45, 2.75) is 151 Å². The van der Waals surface area contributed by atoms with Crippen molar-refractivity contribution in [2.75, 3.05) is 0 Å². The molecule has 6 aliphatic rings. The second kappa shape index (κ2) is 10.6. The van der Waals surface area contributed by atoms with E-state index >= 15 is 0 Å². The van der Waals surface area contributed by atoms with Gasteiger partial charge in [-0.15, -0.1) is 0 Å². The second-order valence-electron chi connectivity index (χ2n) is 18.8. The summed E-state index contributed by atoms with van der Waals surface area (Å²) in [5.41, 5.74) is 0.489. The van der Waals surface area contributed by atoms with E-state index in [0.29, 0.717) is 35.5 Å². The van der Waals surface area contributed by atoms with E-state index in [1.54, 1.807) is 13.8 Å². The molecule has 6 fully saturated rings. The summed E-state index contributed by atoms with van der Waals surface area (Å²) in [5.74, 6) is 1.77. The van der Waals surface area contributed by atoms with Crippen molar-refractivity contribution in [1.82, 2.24) is 5.32 Å². The fourth-order valence-corrected chi connectivity index (χ4v) is 12.9. The van der Waals surface area contributed by atoms with E-state index < -0.39 is 11.4 Å². The molecule has 6 saturated carbocycles. The summed E-state index contributed by atoms with van der Waals surface area (Å²) in [7, 11) is 0. The Bertz CT molecular complexity index is 1270. The van der Waals surface area contributed by atoms with Gasteiger partial charge in [0, 0.05) is 16.9 Å². The van der Waals surface area contributed by atoms with Gasteiger partial charge in [-0.2, -0.15) is 0 Å². The normalized spacial score (nSPS) is 45.2. The van der Waals surface area contributed by atoms with Crippen LogP contribution in [0, 0.1) is 62.6 Å². The highest BCUT2D eigenvalue weighted by molar-refractivity contribution is 5.82. The fraction of sp³-hybridized carbons (Fsp3) is 0.872. The Kier molecular flexibility index (Phi) is 7.77. The molecule has 6 rings (SSSR count). The molecule has 2 N–H and O–H groups in total. The molecular weight excluding hydrogens is 562 g/mol. The highest BCUT2D eigenvalue weighted by Gasteiger charge is 2.71. The van der Waals surface area contributed by atoms with Crippen LogP contribution >= 0.6 is 0 Å². The standard InChI is InChI=1S/C39H61NO5/c1-23(2)25-14-19-39(40-32(42)24-10-11-24)21-20-37(8)26(31(25)39)12-13-28-36(7)17-16-29(45-30(41)22-34(3,4)33(43)44)35(5,6)27(36)15-18-38(28,37)9/h24-29,31H,1,10-22H2,2-9H3,(H,40,42)(H,43,44)/t25-,26+,27-,28+,29-,31+,36-,37+,38+,39-/m0/s1. The Morgan fingerprint density at radius 1 is 0.844 bits per heavy atom. The molecule has 0 unspecified atom stereocenters. The summed E-state index contributed by atoms with van der Waals surface area (Å²) in [4.78, 5) is 38.0. The first-order chi connectivity index (χ1) is 20.8. The van der Waals surface area contributed by atoms with E-state index in [0.717, 1.165) is 51.4 Å². The number of carboxylic acid groups (broad SMARTS) is 1. The maximum atomic E-state index is 13.3. The van der Waals surface area contributed by atoms with Crippen molar-refractivity contribution in [3.05, 3.63) is 12.2 Å². The van der Waals surface area contributed by atoms with Gasteiger partial charge in [-0.05, 0) is 144 Å². The van der Waals surface area contributed by atoms with Crippen LogP contribution in [-0.2, 0) is 19.1 Å². The molecule has 6 heteroatoms. The highest BCUT2D eigenvalue weighted by Crippen LogP contribution is 2.76. The van der Waals surface area contributed by atoms with Crippen LogP contribution in [0.1, 0.15) is 139 Å². The molecule has 6 aliphatic carbocycles. The molecular formula is C39H61NO5. The number of fused-ring (bicyclic) bond motifs is 7. The molecule has 10 atom stereocenters. The van der Waals surface area contributed by atoms with Crippen LogP contribution in [0.2, 0.25) is 0 Å². The SMILES string of the molecule is C=C(C)[C@@H]1CC[C@]2(NC(=O)C3CC3)CC[C@]3(C)[C@H](CC[C@@H]4[C@@]5(C)CC[C@H](OC(=O)CC(C)(C)C(=O)O)C(C)(C)[C@@H]5CC[C@]43C)[C@@H]12. The molecule has 0 radical (unpaired) electrons. The van der Waals surface area contributed by atoms with Gasteiger partial charge in [0.1, 0.15) is 6.10 Å². The first kappa shape index (κ1) is 33.1. The van der Waals surface area contributed by atoms with E-state index in [1.165, 1.54) is 31.3 Å². The molecule has 0 heterocycles. The van der Waals surface area contributed by atoms with Gasteiger partial charge in [0.05, 0.1) is 11.8 Å². The molecule has 252 valence electrons. The van der Waals surface area contributed by atoms with E-state index in [2.05, 4.69) is 53.4 Å². The number of aliphatic carboxylic acids is 1. The third kappa shape index (κ3) is 4.87. The van der Waals surface area contributed by atoms with Crippen LogP contribution < -0.4 is 5.32 Å². The number of rotatable bonds is 7. The van der Waals surface area contributed by atoms with Gasteiger partial charge in [0.15, 0.2) is 0 Å². The summed E-state index contributed by atoms with van der Waals surface area (Å²) in [5, 5.41) is 13.3. The summed E-state index contributed by atoms with van der Waals surface area (Å²) in [6, 6.07) is 0. The van der Waals surface area contributed by atoms with Gasteiger partial charge in [0.2, 0.25) is 5.91 Å². The maximum Gasteiger partial charge on any atom is 0.309 e. The fourth-order valence-electron chi connectivity index (χ4n) is 12.9. The minimum Gasteiger partial charge on any atom is -0.481 e. The summed E-state index contributed by atoms with van der Waals surface area (Å²) in [6.07, 6.45) is 13.0. The summed E-state index contributed by atoms with van der Waals surface area (Å²) < 4.78 is 6.15. The van der Waals surface area contributed by atoms with Crippen molar-refractivity contribution in [3.63, 3.8) is 0 Å². The number of hydrogen-bond donors (Lipinski definition) is 2. The van der Waals surface area contributed by atoms with Crippen LogP contribution in [0.15, 0.2) is 12.2 Å². The smallest absolute Gasteiger partial charge is 0.309 e. The van der Waals surface area contributed by atoms with E-state index in [-0.39, 0.29) is 51.6 Å². The first-order valence-corrected chi connectivity index (χ1v) is 18.2. The van der Waals surface area contributed by atoms with Crippen molar-refractivity contribution >= 4 is 17.8 Å². The number of carbonyl (C=O) groups is 3. The topological polar surface area (TPSA) is 92.7 Å². The predicted molar refractivity (Wildman–Crippen MR) is 176 cm³/mol. The van der Waals surface area contributed by atoms with Gasteiger partial charge in [-0.3, -0.25) is 14.4 Å². The number of carboxylic acids is 1. The number of nitrogens with one attached hydrogen (secondary N) is 1. The molecule has 0 aliphatic heterocycles. The molecule has 0 aromatic rings. The second-order valence-corrected chi connectivity index (χ2v) is 18.8. The Morgan fingerprint density at radius 3 is 2.16 bits per heavy atom. The quantitative estimate of drug-likeness (QED) is 0.220. The largest absolute Gasteiger partial charge is 0.481 e. The lowest BCUT2D eigenvalue weighted by atomic mass is 9.32. The maximum absolute atomic E-state index is 13.3. The van der Waals surface area contributed by atoms with Gasteiger partial charge >= 0.3 is 11.9 Å².